The average molecular weight is 499 g/mol. The van der Waals surface area contributed by atoms with Crippen LogP contribution in [0.3, 0.4) is 0 Å². The van der Waals surface area contributed by atoms with Crippen LogP contribution in [0.2, 0.25) is 0 Å². The number of hydrogen-bond donors (Lipinski definition) is 1. The van der Waals surface area contributed by atoms with Crippen molar-refractivity contribution in [3.8, 4) is 11.5 Å². The normalized spacial score (nSPS) is 16.8. The highest BCUT2D eigenvalue weighted by atomic mass is 32.2. The summed E-state index contributed by atoms with van der Waals surface area (Å²) in [6.45, 7) is 1.47. The van der Waals surface area contributed by atoms with Crippen LogP contribution in [-0.4, -0.2) is 54.2 Å². The SMILES string of the molecule is CCS(=O)(=O)C1=NSC2=NC(=O)/C(=C\c3ccc(OC(=O)c4cccc(OC)c4)cc3)C(=N)N21. The van der Waals surface area contributed by atoms with Gasteiger partial charge in [0.25, 0.3) is 5.91 Å². The van der Waals surface area contributed by atoms with E-state index in [2.05, 4.69) is 9.39 Å². The van der Waals surface area contributed by atoms with Crippen LogP contribution < -0.4 is 9.47 Å². The molecule has 0 spiro atoms. The summed E-state index contributed by atoms with van der Waals surface area (Å²) < 4.78 is 39.0. The van der Waals surface area contributed by atoms with Crippen molar-refractivity contribution in [2.75, 3.05) is 12.9 Å². The maximum Gasteiger partial charge on any atom is 0.343 e. The number of nitrogens with one attached hydrogen (secondary N) is 1. The number of fused-ring (bicyclic) bond motifs is 1. The smallest absolute Gasteiger partial charge is 0.343 e. The Kier molecular flexibility index (Phi) is 6.35. The zero-order valence-corrected chi connectivity index (χ0v) is 19.6. The number of aliphatic imine (C=N–C) groups is 1. The summed E-state index contributed by atoms with van der Waals surface area (Å²) in [5.41, 5.74) is 0.756. The first-order valence-electron chi connectivity index (χ1n) is 9.91. The molecule has 2 aromatic rings. The molecule has 0 bridgehead atoms. The van der Waals surface area contributed by atoms with Gasteiger partial charge in [0.2, 0.25) is 20.2 Å². The van der Waals surface area contributed by atoms with Crippen molar-refractivity contribution in [3.63, 3.8) is 0 Å². The molecule has 0 aliphatic carbocycles. The van der Waals surface area contributed by atoms with Gasteiger partial charge < -0.3 is 9.47 Å². The molecule has 0 unspecified atom stereocenters. The fraction of sp³-hybridized carbons (Fsp3) is 0.136. The van der Waals surface area contributed by atoms with E-state index in [4.69, 9.17) is 14.9 Å². The van der Waals surface area contributed by atoms with Crippen molar-refractivity contribution in [1.29, 1.82) is 5.41 Å². The minimum atomic E-state index is -3.72. The molecule has 1 N–H and O–H groups in total. The van der Waals surface area contributed by atoms with Crippen LogP contribution in [0.5, 0.6) is 11.5 Å². The molecule has 0 saturated heterocycles. The number of benzene rings is 2. The van der Waals surface area contributed by atoms with E-state index in [1.54, 1.807) is 36.4 Å². The van der Waals surface area contributed by atoms with Crippen molar-refractivity contribution in [1.82, 2.24) is 4.90 Å². The number of sulfone groups is 1. The molecule has 2 aromatic carbocycles. The van der Waals surface area contributed by atoms with E-state index in [0.29, 0.717) is 16.9 Å². The number of carbonyl (C=O) groups excluding carboxylic acids is 2. The van der Waals surface area contributed by atoms with Gasteiger partial charge in [-0.05, 0) is 42.0 Å². The molecular formula is C22H18N4O6S2. The Morgan fingerprint density at radius 1 is 1.18 bits per heavy atom. The minimum Gasteiger partial charge on any atom is -0.497 e. The predicted octanol–water partition coefficient (Wildman–Crippen LogP) is 2.93. The van der Waals surface area contributed by atoms with Gasteiger partial charge in [0.15, 0.2) is 0 Å². The van der Waals surface area contributed by atoms with Crippen LogP contribution in [0.15, 0.2) is 63.5 Å². The Morgan fingerprint density at radius 3 is 2.59 bits per heavy atom. The maximum absolute atomic E-state index is 12.5. The van der Waals surface area contributed by atoms with E-state index < -0.39 is 21.7 Å². The quantitative estimate of drug-likeness (QED) is 0.287. The monoisotopic (exact) mass is 498 g/mol. The molecule has 34 heavy (non-hydrogen) atoms. The average Bonchev–Trinajstić information content (AvgIpc) is 3.27. The number of amides is 1. The summed E-state index contributed by atoms with van der Waals surface area (Å²) in [7, 11) is -2.22. The number of ether oxygens (including phenoxy) is 2. The molecule has 4 rings (SSSR count). The van der Waals surface area contributed by atoms with Gasteiger partial charge in [0.1, 0.15) is 17.3 Å². The molecule has 10 nitrogen and oxygen atoms in total. The number of nitrogens with zero attached hydrogens (tertiary/aromatic N) is 3. The van der Waals surface area contributed by atoms with Crippen molar-refractivity contribution in [2.24, 2.45) is 9.39 Å². The zero-order chi connectivity index (χ0) is 24.5. The fourth-order valence-electron chi connectivity index (χ4n) is 3.04. The molecule has 12 heteroatoms. The summed E-state index contributed by atoms with van der Waals surface area (Å²) in [4.78, 5) is 29.8. The Balaban J connectivity index is 1.54. The molecule has 2 aliphatic rings. The van der Waals surface area contributed by atoms with Crippen LogP contribution in [0.25, 0.3) is 6.08 Å². The summed E-state index contributed by atoms with van der Waals surface area (Å²) >= 11 is 0.740. The second-order valence-corrected chi connectivity index (χ2v) is 9.90. The predicted molar refractivity (Wildman–Crippen MR) is 129 cm³/mol. The van der Waals surface area contributed by atoms with Gasteiger partial charge in [-0.15, -0.1) is 0 Å². The summed E-state index contributed by atoms with van der Waals surface area (Å²) in [5.74, 6) is -0.969. The lowest BCUT2D eigenvalue weighted by atomic mass is 10.1. The summed E-state index contributed by atoms with van der Waals surface area (Å²) in [6.07, 6.45) is 1.41. The van der Waals surface area contributed by atoms with E-state index >= 15 is 0 Å². The maximum atomic E-state index is 12.5. The molecule has 0 saturated carbocycles. The molecule has 174 valence electrons. The number of methoxy groups -OCH3 is 1. The minimum absolute atomic E-state index is 0.0268. The Hall–Kier alpha value is -3.77. The molecule has 0 atom stereocenters. The molecule has 2 heterocycles. The van der Waals surface area contributed by atoms with Crippen LogP contribution in [0.1, 0.15) is 22.8 Å². The summed E-state index contributed by atoms with van der Waals surface area (Å²) in [5, 5.41) is 8.13. The zero-order valence-electron chi connectivity index (χ0n) is 18.0. The molecule has 0 radical (unpaired) electrons. The molecular weight excluding hydrogens is 480 g/mol. The number of rotatable bonds is 5. The van der Waals surface area contributed by atoms with E-state index in [9.17, 15) is 18.0 Å². The number of carbonyl (C=O) groups is 2. The second kappa shape index (κ2) is 9.23. The van der Waals surface area contributed by atoms with Gasteiger partial charge in [0.05, 0.1) is 35.9 Å². The van der Waals surface area contributed by atoms with E-state index in [-0.39, 0.29) is 33.2 Å². The highest BCUT2D eigenvalue weighted by Gasteiger charge is 2.42. The molecule has 0 aromatic heterocycles. The first-order valence-corrected chi connectivity index (χ1v) is 12.3. The summed E-state index contributed by atoms with van der Waals surface area (Å²) in [6, 6.07) is 12.8. The lowest BCUT2D eigenvalue weighted by molar-refractivity contribution is -0.114. The van der Waals surface area contributed by atoms with Crippen molar-refractivity contribution in [2.45, 2.75) is 6.92 Å². The Bertz CT molecular complexity index is 1390. The van der Waals surface area contributed by atoms with Crippen molar-refractivity contribution >= 4 is 55.9 Å². The van der Waals surface area contributed by atoms with Gasteiger partial charge in [-0.2, -0.15) is 9.39 Å². The molecule has 1 amide bonds. The Morgan fingerprint density at radius 2 is 1.91 bits per heavy atom. The van der Waals surface area contributed by atoms with Crippen LogP contribution in [0, 0.1) is 5.41 Å². The van der Waals surface area contributed by atoms with Gasteiger partial charge in [-0.25, -0.2) is 18.1 Å². The second-order valence-electron chi connectivity index (χ2n) is 7.00. The third kappa shape index (κ3) is 4.50. The van der Waals surface area contributed by atoms with Crippen LogP contribution in [0.4, 0.5) is 0 Å². The molecule has 0 fully saturated rings. The van der Waals surface area contributed by atoms with Gasteiger partial charge in [0, 0.05) is 0 Å². The number of esters is 1. The van der Waals surface area contributed by atoms with E-state index in [1.807, 2.05) is 0 Å². The topological polar surface area (TPSA) is 139 Å². The number of amidine groups is 3. The third-order valence-corrected chi connectivity index (χ3v) is 7.27. The van der Waals surface area contributed by atoms with Crippen molar-refractivity contribution in [3.05, 3.63) is 65.2 Å². The van der Waals surface area contributed by atoms with Crippen LogP contribution in [-0.2, 0) is 14.6 Å². The molecule has 2 aliphatic heterocycles. The first kappa shape index (κ1) is 23.4. The largest absolute Gasteiger partial charge is 0.497 e. The lowest BCUT2D eigenvalue weighted by Crippen LogP contribution is -2.45. The van der Waals surface area contributed by atoms with E-state index in [0.717, 1.165) is 16.8 Å². The first-order chi connectivity index (χ1) is 16.2. The highest BCUT2D eigenvalue weighted by molar-refractivity contribution is 8.16. The van der Waals surface area contributed by atoms with Gasteiger partial charge in [-0.3, -0.25) is 10.2 Å². The Labute approximate surface area is 199 Å². The van der Waals surface area contributed by atoms with Gasteiger partial charge >= 0.3 is 5.97 Å². The van der Waals surface area contributed by atoms with E-state index in [1.165, 1.54) is 32.2 Å². The standard InChI is InChI=1S/C22H18N4O6S2/c1-3-34(29,30)22-25-33-21-24-19(27)17(18(23)26(21)22)11-13-7-9-15(10-8-13)32-20(28)14-5-4-6-16(12-14)31-2/h4-12,23H,3H2,1-2H3/b17-11-,23-18?. The number of hydrogen-bond acceptors (Lipinski definition) is 9. The lowest BCUT2D eigenvalue weighted by Gasteiger charge is -2.24. The van der Waals surface area contributed by atoms with Crippen molar-refractivity contribution < 1.29 is 27.5 Å². The fourth-order valence-corrected chi connectivity index (χ4v) is 5.01. The third-order valence-electron chi connectivity index (χ3n) is 4.86. The van der Waals surface area contributed by atoms with Crippen LogP contribution >= 0.6 is 11.9 Å². The highest BCUT2D eigenvalue weighted by Crippen LogP contribution is 2.30. The van der Waals surface area contributed by atoms with Gasteiger partial charge in [-0.1, -0.05) is 25.1 Å².